The third-order valence-corrected chi connectivity index (χ3v) is 13.2. The molecule has 2 fully saturated rings. The molecule has 0 bridgehead atoms. The first-order chi connectivity index (χ1) is 18.7. The zero-order chi connectivity index (χ0) is 29.7. The third-order valence-electron chi connectivity index (χ3n) is 8.67. The van der Waals surface area contributed by atoms with E-state index in [1.807, 2.05) is 37.3 Å². The number of carbonyl (C=O) groups is 1. The number of carbonyl (C=O) groups excluding carboxylic acids is 1. The van der Waals surface area contributed by atoms with E-state index in [9.17, 15) is 10.3 Å². The van der Waals surface area contributed by atoms with Gasteiger partial charge in [-0.3, -0.25) is 4.79 Å². The van der Waals surface area contributed by atoms with Gasteiger partial charge in [0.2, 0.25) is 0 Å². The second-order valence-corrected chi connectivity index (χ2v) is 17.1. The van der Waals surface area contributed by atoms with Crippen molar-refractivity contribution in [3.63, 3.8) is 0 Å². The zero-order valence-corrected chi connectivity index (χ0v) is 26.5. The van der Waals surface area contributed by atoms with Gasteiger partial charge in [0.05, 0.1) is 25.7 Å². The van der Waals surface area contributed by atoms with Gasteiger partial charge in [-0.2, -0.15) is 0 Å². The van der Waals surface area contributed by atoms with E-state index in [0.29, 0.717) is 18.9 Å². The standard InChI is InChI=1S/C29H47N3O7Si/c1-10-21(34-17-20-14-12-11-13-15-20)16-23(33)37-26-24(31-32-30)27(39-40(8,9)28(4,5)19(2)3)36-22-18-35-29(6,7)38-25(22)26/h11-15,19,21-22,24-27H,10,16-18H2,1-9H3/t21-,22?,24?,25-,26+,27-/m0/s1. The van der Waals surface area contributed by atoms with E-state index in [2.05, 4.69) is 50.8 Å². The van der Waals surface area contributed by atoms with Gasteiger partial charge in [-0.05, 0) is 55.4 Å². The molecular formula is C29H47N3O7Si. The molecule has 11 heteroatoms. The normalized spacial score (nSPS) is 27.4. The predicted molar refractivity (Wildman–Crippen MR) is 154 cm³/mol. The SMILES string of the molecule is CC[C@@H](CC(=O)O[C@@H]1C(N=[N+]=[N-])[C@H](O[Si](C)(C)C(C)(C)C(C)C)OC2COC(C)(C)O[C@@H]21)OCc1ccccc1. The second kappa shape index (κ2) is 13.3. The van der Waals surface area contributed by atoms with Gasteiger partial charge in [0.25, 0.3) is 0 Å². The molecule has 2 saturated heterocycles. The summed E-state index contributed by atoms with van der Waals surface area (Å²) in [5.74, 6) is -1.04. The summed E-state index contributed by atoms with van der Waals surface area (Å²) >= 11 is 0. The highest BCUT2D eigenvalue weighted by Crippen LogP contribution is 2.46. The molecule has 1 aromatic carbocycles. The number of hydrogen-bond acceptors (Lipinski definition) is 8. The molecule has 2 aliphatic rings. The van der Waals surface area contributed by atoms with Crippen LogP contribution >= 0.6 is 0 Å². The Morgan fingerprint density at radius 3 is 2.52 bits per heavy atom. The summed E-state index contributed by atoms with van der Waals surface area (Å²) in [5.41, 5.74) is 10.6. The van der Waals surface area contributed by atoms with E-state index >= 15 is 0 Å². The largest absolute Gasteiger partial charge is 0.459 e. The number of esters is 1. The van der Waals surface area contributed by atoms with E-state index in [1.165, 1.54) is 0 Å². The van der Waals surface area contributed by atoms with Crippen LogP contribution in [0, 0.1) is 5.92 Å². The number of ether oxygens (including phenoxy) is 5. The van der Waals surface area contributed by atoms with Crippen molar-refractivity contribution in [3.05, 3.63) is 46.3 Å². The van der Waals surface area contributed by atoms with Crippen molar-refractivity contribution in [1.82, 2.24) is 0 Å². The molecule has 6 atom stereocenters. The summed E-state index contributed by atoms with van der Waals surface area (Å²) < 4.78 is 37.2. The molecule has 2 aliphatic heterocycles. The van der Waals surface area contributed by atoms with Crippen molar-refractivity contribution in [2.24, 2.45) is 11.0 Å². The Morgan fingerprint density at radius 1 is 1.25 bits per heavy atom. The minimum Gasteiger partial charge on any atom is -0.459 e. The molecule has 10 nitrogen and oxygen atoms in total. The number of azide groups is 1. The van der Waals surface area contributed by atoms with Crippen molar-refractivity contribution >= 4 is 14.3 Å². The van der Waals surface area contributed by atoms with E-state index in [1.54, 1.807) is 13.8 Å². The summed E-state index contributed by atoms with van der Waals surface area (Å²) in [6, 6.07) is 8.87. The number of nitrogens with zero attached hydrogens (tertiary/aromatic N) is 3. The lowest BCUT2D eigenvalue weighted by Gasteiger charge is -2.52. The van der Waals surface area contributed by atoms with Gasteiger partial charge < -0.3 is 28.1 Å². The Kier molecular flexibility index (Phi) is 10.8. The molecule has 0 aliphatic carbocycles. The van der Waals surface area contributed by atoms with E-state index in [-0.39, 0.29) is 24.2 Å². The van der Waals surface area contributed by atoms with Crippen LogP contribution in [0.1, 0.15) is 66.9 Å². The maximum absolute atomic E-state index is 13.3. The van der Waals surface area contributed by atoms with Crippen LogP contribution in [0.3, 0.4) is 0 Å². The minimum absolute atomic E-state index is 0.0487. The van der Waals surface area contributed by atoms with Crippen LogP contribution in [0.4, 0.5) is 0 Å². The van der Waals surface area contributed by atoms with Crippen molar-refractivity contribution < 1.29 is 32.9 Å². The van der Waals surface area contributed by atoms with Crippen molar-refractivity contribution in [2.45, 2.75) is 129 Å². The van der Waals surface area contributed by atoms with Crippen molar-refractivity contribution in [2.75, 3.05) is 6.61 Å². The lowest BCUT2D eigenvalue weighted by molar-refractivity contribution is -0.361. The Bertz CT molecular complexity index is 1030. The second-order valence-electron chi connectivity index (χ2n) is 12.5. The maximum Gasteiger partial charge on any atom is 0.308 e. The first-order valence-corrected chi connectivity index (χ1v) is 17.2. The average molecular weight is 578 g/mol. The highest BCUT2D eigenvalue weighted by Gasteiger charge is 2.56. The monoisotopic (exact) mass is 577 g/mol. The van der Waals surface area contributed by atoms with Gasteiger partial charge in [-0.1, -0.05) is 70.1 Å². The van der Waals surface area contributed by atoms with E-state index in [0.717, 1.165) is 5.56 Å². The molecular weight excluding hydrogens is 530 g/mol. The Hall–Kier alpha value is -1.98. The number of rotatable bonds is 12. The smallest absolute Gasteiger partial charge is 0.308 e. The summed E-state index contributed by atoms with van der Waals surface area (Å²) in [7, 11) is -2.43. The predicted octanol–water partition coefficient (Wildman–Crippen LogP) is 6.50. The van der Waals surface area contributed by atoms with Crippen LogP contribution in [0.25, 0.3) is 10.4 Å². The van der Waals surface area contributed by atoms with Crippen LogP contribution in [-0.4, -0.2) is 63.4 Å². The van der Waals surface area contributed by atoms with Gasteiger partial charge >= 0.3 is 5.97 Å². The van der Waals surface area contributed by atoms with Crippen molar-refractivity contribution in [3.8, 4) is 0 Å². The van der Waals surface area contributed by atoms with Crippen molar-refractivity contribution in [1.29, 1.82) is 0 Å². The fraction of sp³-hybridized carbons (Fsp3) is 0.759. The third kappa shape index (κ3) is 7.85. The molecule has 0 radical (unpaired) electrons. The van der Waals surface area contributed by atoms with E-state index in [4.69, 9.17) is 28.1 Å². The van der Waals surface area contributed by atoms with Crippen LogP contribution in [0.5, 0.6) is 0 Å². The van der Waals surface area contributed by atoms with Gasteiger partial charge in [0.15, 0.2) is 20.4 Å². The number of fused-ring (bicyclic) bond motifs is 1. The van der Waals surface area contributed by atoms with E-state index < -0.39 is 50.7 Å². The molecule has 0 amide bonds. The molecule has 40 heavy (non-hydrogen) atoms. The van der Waals surface area contributed by atoms with Gasteiger partial charge in [0, 0.05) is 4.91 Å². The number of benzene rings is 1. The van der Waals surface area contributed by atoms with Gasteiger partial charge in [-0.15, -0.1) is 0 Å². The molecule has 0 saturated carbocycles. The minimum atomic E-state index is -2.43. The first kappa shape index (κ1) is 32.5. The Balaban J connectivity index is 1.83. The highest BCUT2D eigenvalue weighted by molar-refractivity contribution is 6.74. The molecule has 0 spiro atoms. The van der Waals surface area contributed by atoms with Crippen LogP contribution in [0.2, 0.25) is 18.1 Å². The van der Waals surface area contributed by atoms with Crippen LogP contribution < -0.4 is 0 Å². The average Bonchev–Trinajstić information content (AvgIpc) is 2.88. The molecule has 0 aromatic heterocycles. The lowest BCUT2D eigenvalue weighted by atomic mass is 9.95. The Labute approximate surface area is 239 Å². The highest BCUT2D eigenvalue weighted by atomic mass is 28.4. The fourth-order valence-corrected chi connectivity index (χ4v) is 7.33. The quantitative estimate of drug-likeness (QED) is 0.0914. The lowest BCUT2D eigenvalue weighted by Crippen LogP contribution is -2.66. The summed E-state index contributed by atoms with van der Waals surface area (Å²) in [5, 5.41) is 3.93. The summed E-state index contributed by atoms with van der Waals surface area (Å²) in [6.07, 6.45) is -2.76. The molecule has 3 rings (SSSR count). The molecule has 224 valence electrons. The first-order valence-electron chi connectivity index (χ1n) is 14.2. The number of hydrogen-bond donors (Lipinski definition) is 0. The zero-order valence-electron chi connectivity index (χ0n) is 25.5. The summed E-state index contributed by atoms with van der Waals surface area (Å²) in [6.45, 7) is 19.1. The van der Waals surface area contributed by atoms with Gasteiger partial charge in [0.1, 0.15) is 24.4 Å². The summed E-state index contributed by atoms with van der Waals surface area (Å²) in [4.78, 5) is 16.4. The van der Waals surface area contributed by atoms with Crippen LogP contribution in [-0.2, 0) is 39.5 Å². The molecule has 2 unspecified atom stereocenters. The molecule has 0 N–H and O–H groups in total. The fourth-order valence-electron chi connectivity index (χ4n) is 4.86. The van der Waals surface area contributed by atoms with Crippen LogP contribution in [0.15, 0.2) is 35.4 Å². The maximum atomic E-state index is 13.3. The molecule has 2 heterocycles. The van der Waals surface area contributed by atoms with Gasteiger partial charge in [-0.25, -0.2) is 0 Å². The molecule has 1 aromatic rings. The topological polar surface area (TPSA) is 121 Å². The Morgan fingerprint density at radius 2 is 1.93 bits per heavy atom.